The Labute approximate surface area is 170 Å². The van der Waals surface area contributed by atoms with Crippen LogP contribution in [0.3, 0.4) is 0 Å². The van der Waals surface area contributed by atoms with Gasteiger partial charge in [0.2, 0.25) is 0 Å². The lowest BCUT2D eigenvalue weighted by Crippen LogP contribution is -2.31. The normalized spacial score (nSPS) is 13.7. The van der Waals surface area contributed by atoms with Crippen LogP contribution in [-0.2, 0) is 19.5 Å². The molecule has 0 unspecified atom stereocenters. The number of halogens is 1. The molecule has 0 atom stereocenters. The fourth-order valence-electron chi connectivity index (χ4n) is 4.38. The van der Waals surface area contributed by atoms with Gasteiger partial charge in [0.15, 0.2) is 5.82 Å². The molecule has 0 saturated heterocycles. The van der Waals surface area contributed by atoms with E-state index in [1.807, 2.05) is 18.2 Å². The van der Waals surface area contributed by atoms with E-state index in [1.54, 1.807) is 0 Å². The minimum absolute atomic E-state index is 0.206. The van der Waals surface area contributed by atoms with Crippen LogP contribution in [0.2, 0.25) is 0 Å². The molecule has 3 heterocycles. The zero-order chi connectivity index (χ0) is 20.0. The Morgan fingerprint density at radius 2 is 1.79 bits per heavy atom. The molecule has 1 aliphatic heterocycles. The van der Waals surface area contributed by atoms with Crippen molar-refractivity contribution in [3.8, 4) is 0 Å². The van der Waals surface area contributed by atoms with Crippen molar-refractivity contribution >= 4 is 16.7 Å². The SMILES string of the molecule is Cc1c(C)n(Cc2ccc(F)cc2)c2c(N3CCc4ccccc4C3)n[c]cc12. The molecule has 4 aromatic rings. The monoisotopic (exact) mass is 384 g/mol. The minimum Gasteiger partial charge on any atom is -0.350 e. The Morgan fingerprint density at radius 3 is 2.59 bits per heavy atom. The molecule has 0 saturated carbocycles. The van der Waals surface area contributed by atoms with Crippen molar-refractivity contribution < 1.29 is 4.39 Å². The van der Waals surface area contributed by atoms with E-state index >= 15 is 0 Å². The van der Waals surface area contributed by atoms with Crippen molar-refractivity contribution in [2.75, 3.05) is 11.4 Å². The van der Waals surface area contributed by atoms with E-state index in [1.165, 1.54) is 39.9 Å². The van der Waals surface area contributed by atoms with E-state index < -0.39 is 0 Å². The van der Waals surface area contributed by atoms with E-state index in [-0.39, 0.29) is 5.82 Å². The van der Waals surface area contributed by atoms with Gasteiger partial charge in [-0.15, -0.1) is 0 Å². The smallest absolute Gasteiger partial charge is 0.154 e. The first kappa shape index (κ1) is 17.9. The van der Waals surface area contributed by atoms with Crippen LogP contribution in [0.4, 0.5) is 10.2 Å². The fraction of sp³-hybridized carbons (Fsp3) is 0.240. The molecule has 2 aromatic heterocycles. The Morgan fingerprint density at radius 1 is 1.03 bits per heavy atom. The van der Waals surface area contributed by atoms with E-state index in [9.17, 15) is 4.39 Å². The summed E-state index contributed by atoms with van der Waals surface area (Å²) in [6, 6.07) is 17.4. The average molecular weight is 384 g/mol. The number of benzene rings is 2. The van der Waals surface area contributed by atoms with Crippen LogP contribution in [0.25, 0.3) is 10.9 Å². The maximum absolute atomic E-state index is 13.4. The minimum atomic E-state index is -0.206. The van der Waals surface area contributed by atoms with Crippen molar-refractivity contribution in [3.05, 3.63) is 94.6 Å². The summed E-state index contributed by atoms with van der Waals surface area (Å²) in [4.78, 5) is 7.06. The maximum atomic E-state index is 13.4. The van der Waals surface area contributed by atoms with Gasteiger partial charge in [-0.05, 0) is 60.7 Å². The molecule has 29 heavy (non-hydrogen) atoms. The largest absolute Gasteiger partial charge is 0.350 e. The summed E-state index contributed by atoms with van der Waals surface area (Å²) in [6.45, 7) is 6.79. The summed E-state index contributed by atoms with van der Waals surface area (Å²) in [5.41, 5.74) is 7.47. The van der Waals surface area contributed by atoms with Crippen LogP contribution >= 0.6 is 0 Å². The van der Waals surface area contributed by atoms with Gasteiger partial charge >= 0.3 is 0 Å². The van der Waals surface area contributed by atoms with E-state index in [0.717, 1.165) is 36.4 Å². The van der Waals surface area contributed by atoms with Gasteiger partial charge in [0.05, 0.1) is 11.7 Å². The number of aryl methyl sites for hydroxylation is 1. The molecule has 5 rings (SSSR count). The van der Waals surface area contributed by atoms with E-state index in [0.29, 0.717) is 6.54 Å². The summed E-state index contributed by atoms with van der Waals surface area (Å²) >= 11 is 0. The molecular weight excluding hydrogens is 361 g/mol. The first-order valence-electron chi connectivity index (χ1n) is 10.0. The van der Waals surface area contributed by atoms with Crippen LogP contribution in [0.1, 0.15) is 27.9 Å². The number of nitrogens with zero attached hydrogens (tertiary/aromatic N) is 3. The zero-order valence-corrected chi connectivity index (χ0v) is 16.7. The third-order valence-electron chi connectivity index (χ3n) is 6.15. The Bertz CT molecular complexity index is 1190. The summed E-state index contributed by atoms with van der Waals surface area (Å²) in [6.07, 6.45) is 4.14. The van der Waals surface area contributed by atoms with Gasteiger partial charge in [0.25, 0.3) is 0 Å². The summed E-state index contributed by atoms with van der Waals surface area (Å²) in [5, 5.41) is 1.19. The van der Waals surface area contributed by atoms with Gasteiger partial charge in [0, 0.05) is 30.7 Å². The maximum Gasteiger partial charge on any atom is 0.154 e. The van der Waals surface area contributed by atoms with Crippen molar-refractivity contribution in [1.29, 1.82) is 0 Å². The number of fused-ring (bicyclic) bond motifs is 2. The number of anilines is 1. The van der Waals surface area contributed by atoms with Crippen LogP contribution in [-0.4, -0.2) is 16.1 Å². The van der Waals surface area contributed by atoms with Crippen molar-refractivity contribution in [2.24, 2.45) is 0 Å². The molecular formula is C25H23FN3. The third kappa shape index (κ3) is 3.09. The van der Waals surface area contributed by atoms with Crippen LogP contribution in [0, 0.1) is 25.9 Å². The summed E-state index contributed by atoms with van der Waals surface area (Å²) < 4.78 is 15.7. The molecule has 0 spiro atoms. The number of aromatic nitrogens is 2. The molecule has 2 aromatic carbocycles. The van der Waals surface area contributed by atoms with Crippen LogP contribution in [0.15, 0.2) is 54.6 Å². The predicted molar refractivity (Wildman–Crippen MR) is 115 cm³/mol. The second-order valence-electron chi connectivity index (χ2n) is 7.83. The van der Waals surface area contributed by atoms with Crippen LogP contribution in [0.5, 0.6) is 0 Å². The molecule has 145 valence electrons. The molecule has 3 nitrogen and oxygen atoms in total. The molecule has 4 heteroatoms. The van der Waals surface area contributed by atoms with Gasteiger partial charge in [-0.1, -0.05) is 36.4 Å². The van der Waals surface area contributed by atoms with Gasteiger partial charge in [-0.25, -0.2) is 9.37 Å². The average Bonchev–Trinajstić information content (AvgIpc) is 3.00. The Kier molecular flexibility index (Phi) is 4.35. The summed E-state index contributed by atoms with van der Waals surface area (Å²) in [7, 11) is 0. The molecule has 0 fully saturated rings. The van der Waals surface area contributed by atoms with Gasteiger partial charge in [0.1, 0.15) is 5.82 Å². The Balaban J connectivity index is 1.61. The highest BCUT2D eigenvalue weighted by molar-refractivity contribution is 5.93. The third-order valence-corrected chi connectivity index (χ3v) is 6.15. The quantitative estimate of drug-likeness (QED) is 0.484. The van der Waals surface area contributed by atoms with Crippen molar-refractivity contribution in [1.82, 2.24) is 9.55 Å². The molecule has 0 bridgehead atoms. The van der Waals surface area contributed by atoms with Gasteiger partial charge < -0.3 is 9.47 Å². The lowest BCUT2D eigenvalue weighted by Gasteiger charge is -2.30. The van der Waals surface area contributed by atoms with E-state index in [2.05, 4.69) is 53.8 Å². The van der Waals surface area contributed by atoms with E-state index in [4.69, 9.17) is 4.98 Å². The van der Waals surface area contributed by atoms with Gasteiger partial charge in [-0.3, -0.25) is 0 Å². The van der Waals surface area contributed by atoms with Crippen LogP contribution < -0.4 is 4.90 Å². The topological polar surface area (TPSA) is 21.1 Å². The second kappa shape index (κ2) is 7.03. The van der Waals surface area contributed by atoms with Crippen molar-refractivity contribution in [3.63, 3.8) is 0 Å². The molecule has 1 radical (unpaired) electrons. The lowest BCUT2D eigenvalue weighted by molar-refractivity contribution is 0.626. The fourth-order valence-corrected chi connectivity index (χ4v) is 4.38. The standard InChI is InChI=1S/C25H23FN3/c1-17-18(2)29(15-19-7-9-22(26)10-8-19)24-23(17)11-13-27-25(24)28-14-12-20-5-3-4-6-21(20)16-28/h3-11H,12,14-16H2,1-2H3. The lowest BCUT2D eigenvalue weighted by atomic mass is 10.00. The number of hydrogen-bond acceptors (Lipinski definition) is 2. The molecule has 0 N–H and O–H groups in total. The number of pyridine rings is 1. The number of hydrogen-bond donors (Lipinski definition) is 0. The van der Waals surface area contributed by atoms with Crippen molar-refractivity contribution in [2.45, 2.75) is 33.4 Å². The molecule has 1 aliphatic rings. The second-order valence-corrected chi connectivity index (χ2v) is 7.83. The molecule has 0 aliphatic carbocycles. The predicted octanol–water partition coefficient (Wildman–Crippen LogP) is 5.20. The molecule has 0 amide bonds. The first-order chi connectivity index (χ1) is 14.1. The zero-order valence-electron chi connectivity index (χ0n) is 16.7. The highest BCUT2D eigenvalue weighted by atomic mass is 19.1. The highest BCUT2D eigenvalue weighted by Gasteiger charge is 2.22. The highest BCUT2D eigenvalue weighted by Crippen LogP contribution is 2.34. The Hall–Kier alpha value is -3.14. The van der Waals surface area contributed by atoms with Gasteiger partial charge in [-0.2, -0.15) is 0 Å². The number of rotatable bonds is 3. The summed E-state index contributed by atoms with van der Waals surface area (Å²) in [5.74, 6) is 0.776. The first-order valence-corrected chi connectivity index (χ1v) is 10.0.